The van der Waals surface area contributed by atoms with Gasteiger partial charge in [0.05, 0.1) is 0 Å². The Labute approximate surface area is 94.9 Å². The molecule has 0 aliphatic carbocycles. The minimum Gasteiger partial charge on any atom is -0.375 e. The molecule has 3 nitrogen and oxygen atoms in total. The zero-order chi connectivity index (χ0) is 12.0. The lowest BCUT2D eigenvalue weighted by molar-refractivity contribution is 0.137. The molecule has 0 fully saturated rings. The summed E-state index contributed by atoms with van der Waals surface area (Å²) in [5.74, 6) is -1.69. The topological polar surface area (TPSA) is 27.7 Å². The molecule has 1 aromatic carbocycles. The van der Waals surface area contributed by atoms with Gasteiger partial charge in [-0.15, -0.1) is 0 Å². The molecule has 0 N–H and O–H groups in total. The smallest absolute Gasteiger partial charge is 0.375 e. The molecular formula is C10H13F2O3Si. The van der Waals surface area contributed by atoms with Crippen LogP contribution in [0.5, 0.6) is 0 Å². The number of hydrogen-bond donors (Lipinski definition) is 0. The summed E-state index contributed by atoms with van der Waals surface area (Å²) in [6.45, 7) is 0.348. The fourth-order valence-electron chi connectivity index (χ4n) is 1.15. The van der Waals surface area contributed by atoms with Crippen LogP contribution >= 0.6 is 0 Å². The van der Waals surface area contributed by atoms with Crippen molar-refractivity contribution in [2.75, 3.05) is 20.8 Å². The number of benzene rings is 1. The van der Waals surface area contributed by atoms with Crippen LogP contribution in [0.4, 0.5) is 8.78 Å². The second kappa shape index (κ2) is 6.69. The van der Waals surface area contributed by atoms with E-state index in [-0.39, 0.29) is 0 Å². The van der Waals surface area contributed by atoms with E-state index >= 15 is 0 Å². The molecule has 6 heteroatoms. The molecule has 0 atom stereocenters. The second-order valence-corrected chi connectivity index (χ2v) is 4.61. The Morgan fingerprint density at radius 1 is 1.12 bits per heavy atom. The van der Waals surface area contributed by atoms with Crippen molar-refractivity contribution >= 4 is 9.53 Å². The summed E-state index contributed by atoms with van der Waals surface area (Å²) in [5.41, 5.74) is 0.674. The van der Waals surface area contributed by atoms with Gasteiger partial charge in [-0.25, -0.2) is 8.78 Å². The fourth-order valence-corrected chi connectivity index (χ4v) is 1.82. The molecule has 0 spiro atoms. The first-order valence-electron chi connectivity index (χ1n) is 4.69. The first kappa shape index (κ1) is 13.2. The molecule has 0 saturated heterocycles. The molecule has 0 saturated carbocycles. The van der Waals surface area contributed by atoms with Crippen LogP contribution < -0.4 is 0 Å². The maximum atomic E-state index is 12.8. The maximum absolute atomic E-state index is 12.8. The van der Waals surface area contributed by atoms with E-state index in [1.807, 2.05) is 0 Å². The Bertz CT molecular complexity index is 332. The van der Waals surface area contributed by atoms with Crippen molar-refractivity contribution in [3.05, 3.63) is 35.4 Å². The Balaban J connectivity index is 2.40. The highest BCUT2D eigenvalue weighted by atomic mass is 28.3. The molecule has 0 unspecified atom stereocenters. The summed E-state index contributed by atoms with van der Waals surface area (Å²) in [4.78, 5) is 0. The number of halogens is 2. The van der Waals surface area contributed by atoms with E-state index < -0.39 is 21.2 Å². The molecule has 0 amide bonds. The third-order valence-corrected chi connectivity index (χ3v) is 3.03. The fraction of sp³-hybridized carbons (Fsp3) is 0.400. The summed E-state index contributed by atoms with van der Waals surface area (Å²) < 4.78 is 40.5. The zero-order valence-corrected chi connectivity index (χ0v) is 10.1. The quantitative estimate of drug-likeness (QED) is 0.717. The zero-order valence-electron chi connectivity index (χ0n) is 9.13. The van der Waals surface area contributed by atoms with Crippen molar-refractivity contribution < 1.29 is 22.1 Å². The van der Waals surface area contributed by atoms with Crippen LogP contribution in [0.25, 0.3) is 0 Å². The predicted molar refractivity (Wildman–Crippen MR) is 55.8 cm³/mol. The van der Waals surface area contributed by atoms with Gasteiger partial charge in [0.15, 0.2) is 11.6 Å². The second-order valence-electron chi connectivity index (χ2n) is 3.01. The van der Waals surface area contributed by atoms with Gasteiger partial charge < -0.3 is 13.3 Å². The van der Waals surface area contributed by atoms with Crippen LogP contribution in [0.15, 0.2) is 18.2 Å². The summed E-state index contributed by atoms with van der Waals surface area (Å²) in [5, 5.41) is 0. The molecule has 1 radical (unpaired) electrons. The highest BCUT2D eigenvalue weighted by molar-refractivity contribution is 6.36. The van der Waals surface area contributed by atoms with Crippen molar-refractivity contribution in [3.8, 4) is 0 Å². The van der Waals surface area contributed by atoms with Gasteiger partial charge in [-0.2, -0.15) is 0 Å². The van der Waals surface area contributed by atoms with Crippen molar-refractivity contribution in [1.82, 2.24) is 0 Å². The number of rotatable bonds is 6. The van der Waals surface area contributed by atoms with E-state index in [9.17, 15) is 8.78 Å². The third-order valence-electron chi connectivity index (χ3n) is 1.93. The highest BCUT2D eigenvalue weighted by Crippen LogP contribution is 2.09. The SMILES string of the molecule is CO[Si](OC)OCCc1ccc(F)c(F)c1. The van der Waals surface area contributed by atoms with Crippen LogP contribution in [-0.4, -0.2) is 30.4 Å². The van der Waals surface area contributed by atoms with E-state index in [1.54, 1.807) is 0 Å². The Morgan fingerprint density at radius 2 is 1.81 bits per heavy atom. The average Bonchev–Trinajstić information content (AvgIpc) is 2.29. The van der Waals surface area contributed by atoms with E-state index in [0.717, 1.165) is 12.1 Å². The summed E-state index contributed by atoms with van der Waals surface area (Å²) in [6.07, 6.45) is 0.484. The van der Waals surface area contributed by atoms with Gasteiger partial charge >= 0.3 is 9.53 Å². The number of hydrogen-bond acceptors (Lipinski definition) is 3. The van der Waals surface area contributed by atoms with Gasteiger partial charge in [0.25, 0.3) is 0 Å². The molecule has 0 aliphatic heterocycles. The van der Waals surface area contributed by atoms with Gasteiger partial charge in [-0.1, -0.05) is 6.07 Å². The van der Waals surface area contributed by atoms with Crippen molar-refractivity contribution in [2.45, 2.75) is 6.42 Å². The molecule has 0 bridgehead atoms. The molecule has 0 heterocycles. The van der Waals surface area contributed by atoms with Crippen LogP contribution in [-0.2, 0) is 19.7 Å². The van der Waals surface area contributed by atoms with Crippen LogP contribution in [0.1, 0.15) is 5.56 Å². The van der Waals surface area contributed by atoms with Gasteiger partial charge in [-0.05, 0) is 24.1 Å². The molecule has 1 rings (SSSR count). The van der Waals surface area contributed by atoms with Gasteiger partial charge in [0.2, 0.25) is 0 Å². The van der Waals surface area contributed by atoms with Crippen molar-refractivity contribution in [2.24, 2.45) is 0 Å². The minimum atomic E-state index is -1.68. The lowest BCUT2D eigenvalue weighted by Gasteiger charge is -2.09. The molecule has 16 heavy (non-hydrogen) atoms. The molecule has 89 valence electrons. The van der Waals surface area contributed by atoms with Gasteiger partial charge in [0, 0.05) is 20.8 Å². The normalized spacial score (nSPS) is 11.1. The van der Waals surface area contributed by atoms with Crippen molar-refractivity contribution in [3.63, 3.8) is 0 Å². The first-order chi connectivity index (χ1) is 7.67. The van der Waals surface area contributed by atoms with E-state index in [1.165, 1.54) is 20.3 Å². The Morgan fingerprint density at radius 3 is 2.38 bits per heavy atom. The van der Waals surface area contributed by atoms with Crippen LogP contribution in [0, 0.1) is 11.6 Å². The van der Waals surface area contributed by atoms with Gasteiger partial charge in [-0.3, -0.25) is 0 Å². The Hall–Kier alpha value is -0.823. The van der Waals surface area contributed by atoms with E-state index in [0.29, 0.717) is 18.6 Å². The standard InChI is InChI=1S/C10H13F2O3Si/c1-13-16(14-2)15-6-5-8-3-4-9(11)10(12)7-8/h3-4,7H,5-6H2,1-2H3. The monoisotopic (exact) mass is 247 g/mol. The maximum Gasteiger partial charge on any atom is 0.577 e. The molecule has 1 aromatic rings. The Kier molecular flexibility index (Phi) is 5.54. The third kappa shape index (κ3) is 3.97. The highest BCUT2D eigenvalue weighted by Gasteiger charge is 2.14. The molecule has 0 aromatic heterocycles. The first-order valence-corrected chi connectivity index (χ1v) is 5.91. The lowest BCUT2D eigenvalue weighted by Crippen LogP contribution is -2.24. The van der Waals surface area contributed by atoms with E-state index in [2.05, 4.69) is 0 Å². The molecular weight excluding hydrogens is 234 g/mol. The van der Waals surface area contributed by atoms with Crippen LogP contribution in [0.2, 0.25) is 0 Å². The van der Waals surface area contributed by atoms with E-state index in [4.69, 9.17) is 13.3 Å². The largest absolute Gasteiger partial charge is 0.577 e. The van der Waals surface area contributed by atoms with Crippen LogP contribution in [0.3, 0.4) is 0 Å². The lowest BCUT2D eigenvalue weighted by atomic mass is 10.1. The summed E-state index contributed by atoms with van der Waals surface area (Å²) >= 11 is 0. The average molecular weight is 247 g/mol. The summed E-state index contributed by atoms with van der Waals surface area (Å²) in [7, 11) is 1.31. The minimum absolute atomic E-state index is 0.348. The molecule has 0 aliphatic rings. The predicted octanol–water partition coefficient (Wildman–Crippen LogP) is 1.80. The van der Waals surface area contributed by atoms with Gasteiger partial charge in [0.1, 0.15) is 0 Å². The van der Waals surface area contributed by atoms with Crippen molar-refractivity contribution in [1.29, 1.82) is 0 Å². The summed E-state index contributed by atoms with van der Waals surface area (Å²) in [6, 6.07) is 3.78.